The first-order valence-corrected chi connectivity index (χ1v) is 10.4. The van der Waals surface area contributed by atoms with Crippen LogP contribution in [0.15, 0.2) is 28.7 Å². The van der Waals surface area contributed by atoms with E-state index in [0.29, 0.717) is 50.2 Å². The molecule has 0 aliphatic carbocycles. The van der Waals surface area contributed by atoms with Crippen LogP contribution in [0, 0.1) is 10.1 Å². The van der Waals surface area contributed by atoms with Gasteiger partial charge in [0.25, 0.3) is 5.69 Å². The van der Waals surface area contributed by atoms with Crippen molar-refractivity contribution in [3.8, 4) is 11.5 Å². The second-order valence-corrected chi connectivity index (χ2v) is 7.73. The summed E-state index contributed by atoms with van der Waals surface area (Å²) in [5, 5.41) is 19.1. The highest BCUT2D eigenvalue weighted by Crippen LogP contribution is 2.26. The third kappa shape index (κ3) is 5.06. The molecule has 11 heteroatoms. The zero-order valence-electron chi connectivity index (χ0n) is 17.5. The third-order valence-corrected chi connectivity index (χ3v) is 5.80. The summed E-state index contributed by atoms with van der Waals surface area (Å²) in [7, 11) is 0. The van der Waals surface area contributed by atoms with Gasteiger partial charge in [-0.15, -0.1) is 10.2 Å². The normalized spacial score (nSPS) is 19.3. The number of aromatic nitrogens is 2. The number of rotatable bonds is 6. The first kappa shape index (κ1) is 21.3. The Hall–Kier alpha value is -2.89. The lowest BCUT2D eigenvalue weighted by Gasteiger charge is -2.38. The number of amides is 1. The summed E-state index contributed by atoms with van der Waals surface area (Å²) in [4.78, 5) is 29.2. The van der Waals surface area contributed by atoms with E-state index in [1.54, 1.807) is 12.1 Å². The summed E-state index contributed by atoms with van der Waals surface area (Å²) in [6, 6.07) is 5.93. The molecule has 2 fully saturated rings. The maximum absolute atomic E-state index is 12.6. The molecule has 1 atom stereocenters. The number of ether oxygens (including phenoxy) is 1. The van der Waals surface area contributed by atoms with E-state index >= 15 is 0 Å². The number of carbonyl (C=O) groups excluding carboxylic acids is 1. The molecular formula is C20H26N6O5. The Labute approximate surface area is 179 Å². The van der Waals surface area contributed by atoms with E-state index in [0.717, 1.165) is 26.2 Å². The van der Waals surface area contributed by atoms with Gasteiger partial charge < -0.3 is 14.1 Å². The van der Waals surface area contributed by atoms with Crippen molar-refractivity contribution in [2.24, 2.45) is 0 Å². The van der Waals surface area contributed by atoms with Crippen molar-refractivity contribution >= 4 is 11.6 Å². The van der Waals surface area contributed by atoms with E-state index in [1.807, 2.05) is 11.8 Å². The first-order valence-electron chi connectivity index (χ1n) is 10.4. The number of nitro benzene ring substituents is 1. The highest BCUT2D eigenvalue weighted by Gasteiger charge is 2.28. The van der Waals surface area contributed by atoms with E-state index < -0.39 is 4.92 Å². The van der Waals surface area contributed by atoms with Gasteiger partial charge in [0.05, 0.1) is 30.7 Å². The predicted molar refractivity (Wildman–Crippen MR) is 110 cm³/mol. The number of non-ortho nitro benzene ring substituents is 1. The van der Waals surface area contributed by atoms with Crippen LogP contribution in [0.3, 0.4) is 0 Å². The number of hydrogen-bond donors (Lipinski definition) is 0. The Bertz CT molecular complexity index is 903. The lowest BCUT2D eigenvalue weighted by Crippen LogP contribution is -2.52. The molecule has 2 aromatic rings. The molecule has 1 unspecified atom stereocenters. The standard InChI is InChI=1S/C20H26N6O5/c1-15(19-21-22-20(31-19)16-2-4-17(5-3-16)26(28)29)24-6-8-25(9-7-24)18(27)14-23-10-12-30-13-11-23/h2-5,15H,6-14H2,1H3. The van der Waals surface area contributed by atoms with Crippen LogP contribution >= 0.6 is 0 Å². The fourth-order valence-electron chi connectivity index (χ4n) is 3.81. The molecule has 0 saturated carbocycles. The monoisotopic (exact) mass is 430 g/mol. The van der Waals surface area contributed by atoms with Crippen molar-refractivity contribution in [2.75, 3.05) is 59.0 Å². The van der Waals surface area contributed by atoms with Crippen molar-refractivity contribution in [3.05, 3.63) is 40.3 Å². The van der Waals surface area contributed by atoms with Gasteiger partial charge in [0.2, 0.25) is 17.7 Å². The van der Waals surface area contributed by atoms with Crippen LogP contribution in [0.25, 0.3) is 11.5 Å². The van der Waals surface area contributed by atoms with Crippen LogP contribution in [0.4, 0.5) is 5.69 Å². The number of benzene rings is 1. The molecule has 2 saturated heterocycles. The SMILES string of the molecule is CC(c1nnc(-c2ccc([N+](=O)[O-])cc2)o1)N1CCN(C(=O)CN2CCOCC2)CC1. The minimum Gasteiger partial charge on any atom is -0.419 e. The smallest absolute Gasteiger partial charge is 0.269 e. The molecule has 2 aliphatic heterocycles. The van der Waals surface area contributed by atoms with Gasteiger partial charge in [0.15, 0.2) is 0 Å². The van der Waals surface area contributed by atoms with Crippen molar-refractivity contribution in [1.29, 1.82) is 0 Å². The predicted octanol–water partition coefficient (Wildman–Crippen LogP) is 1.18. The molecule has 0 radical (unpaired) electrons. The summed E-state index contributed by atoms with van der Waals surface area (Å²) in [6.45, 7) is 8.20. The largest absolute Gasteiger partial charge is 0.419 e. The fraction of sp³-hybridized carbons (Fsp3) is 0.550. The van der Waals surface area contributed by atoms with Gasteiger partial charge in [-0.3, -0.25) is 24.7 Å². The second-order valence-electron chi connectivity index (χ2n) is 7.73. The van der Waals surface area contributed by atoms with Crippen molar-refractivity contribution in [1.82, 2.24) is 24.9 Å². The average Bonchev–Trinajstić information content (AvgIpc) is 3.30. The summed E-state index contributed by atoms with van der Waals surface area (Å²) in [6.07, 6.45) is 0. The molecule has 166 valence electrons. The van der Waals surface area contributed by atoms with Crippen LogP contribution in [0.5, 0.6) is 0 Å². The lowest BCUT2D eigenvalue weighted by atomic mass is 10.2. The van der Waals surface area contributed by atoms with Crippen molar-refractivity contribution in [3.63, 3.8) is 0 Å². The number of nitro groups is 1. The number of hydrogen-bond acceptors (Lipinski definition) is 9. The van der Waals surface area contributed by atoms with Gasteiger partial charge in [0, 0.05) is 57.0 Å². The van der Waals surface area contributed by atoms with Gasteiger partial charge in [-0.25, -0.2) is 0 Å². The van der Waals surface area contributed by atoms with Gasteiger partial charge in [-0.2, -0.15) is 0 Å². The first-order chi connectivity index (χ1) is 15.0. The number of morpholine rings is 1. The molecule has 0 N–H and O–H groups in total. The third-order valence-electron chi connectivity index (χ3n) is 5.80. The summed E-state index contributed by atoms with van der Waals surface area (Å²) < 4.78 is 11.2. The zero-order chi connectivity index (χ0) is 21.8. The van der Waals surface area contributed by atoms with Gasteiger partial charge in [0.1, 0.15) is 0 Å². The summed E-state index contributed by atoms with van der Waals surface area (Å²) in [5.74, 6) is 0.977. The number of carbonyl (C=O) groups is 1. The highest BCUT2D eigenvalue weighted by atomic mass is 16.6. The van der Waals surface area contributed by atoms with E-state index in [2.05, 4.69) is 20.0 Å². The van der Waals surface area contributed by atoms with Crippen molar-refractivity contribution in [2.45, 2.75) is 13.0 Å². The molecule has 1 aromatic carbocycles. The van der Waals surface area contributed by atoms with Crippen LogP contribution < -0.4 is 0 Å². The lowest BCUT2D eigenvalue weighted by molar-refractivity contribution is -0.384. The molecule has 2 aliphatic rings. The van der Waals surface area contributed by atoms with E-state index in [-0.39, 0.29) is 17.6 Å². The average molecular weight is 430 g/mol. The number of piperazine rings is 1. The number of nitrogens with zero attached hydrogens (tertiary/aromatic N) is 6. The van der Waals surface area contributed by atoms with Gasteiger partial charge >= 0.3 is 0 Å². The molecule has 4 rings (SSSR count). The Morgan fingerprint density at radius 1 is 1.10 bits per heavy atom. The van der Waals surface area contributed by atoms with Crippen LogP contribution in [0.1, 0.15) is 18.9 Å². The minimum absolute atomic E-state index is 0.0119. The summed E-state index contributed by atoms with van der Waals surface area (Å²) >= 11 is 0. The highest BCUT2D eigenvalue weighted by molar-refractivity contribution is 5.78. The summed E-state index contributed by atoms with van der Waals surface area (Å²) in [5.41, 5.74) is 0.646. The van der Waals surface area contributed by atoms with E-state index in [4.69, 9.17) is 9.15 Å². The molecule has 0 bridgehead atoms. The van der Waals surface area contributed by atoms with Crippen LogP contribution in [0.2, 0.25) is 0 Å². The van der Waals surface area contributed by atoms with E-state index in [1.165, 1.54) is 12.1 Å². The van der Waals surface area contributed by atoms with Crippen LogP contribution in [-0.4, -0.2) is 94.8 Å². The van der Waals surface area contributed by atoms with Gasteiger partial charge in [-0.1, -0.05) is 0 Å². The van der Waals surface area contributed by atoms with Crippen LogP contribution in [-0.2, 0) is 9.53 Å². The molecule has 11 nitrogen and oxygen atoms in total. The minimum atomic E-state index is -0.448. The molecule has 3 heterocycles. The Balaban J connectivity index is 1.31. The zero-order valence-corrected chi connectivity index (χ0v) is 17.5. The maximum atomic E-state index is 12.6. The maximum Gasteiger partial charge on any atom is 0.269 e. The Morgan fingerprint density at radius 3 is 2.42 bits per heavy atom. The van der Waals surface area contributed by atoms with E-state index in [9.17, 15) is 14.9 Å². The quantitative estimate of drug-likeness (QED) is 0.492. The Morgan fingerprint density at radius 2 is 1.77 bits per heavy atom. The second kappa shape index (κ2) is 9.50. The molecule has 0 spiro atoms. The molecule has 1 amide bonds. The molecule has 31 heavy (non-hydrogen) atoms. The van der Waals surface area contributed by atoms with Crippen molar-refractivity contribution < 1.29 is 18.9 Å². The fourth-order valence-corrected chi connectivity index (χ4v) is 3.81. The molecular weight excluding hydrogens is 404 g/mol. The Kier molecular flexibility index (Phi) is 6.54. The van der Waals surface area contributed by atoms with Gasteiger partial charge in [-0.05, 0) is 19.1 Å². The topological polar surface area (TPSA) is 118 Å². The molecule has 1 aromatic heterocycles.